The van der Waals surface area contributed by atoms with E-state index in [0.717, 1.165) is 22.8 Å². The molecule has 0 saturated carbocycles. The minimum Gasteiger partial charge on any atom is -0.268 e. The van der Waals surface area contributed by atoms with Crippen LogP contribution < -0.4 is 5.56 Å². The quantitative estimate of drug-likeness (QED) is 0.688. The lowest BCUT2D eigenvalue weighted by Crippen LogP contribution is -2.22. The van der Waals surface area contributed by atoms with E-state index in [1.807, 2.05) is 0 Å². The zero-order chi connectivity index (χ0) is 15.1. The standard InChI is InChI=1S/C15H9ClF2N2O/c1-8-19-13-4-2-3-12(16)14(13)15(21)20(8)11-6-9(17)5-10(18)7-11/h2-7H,1H3. The van der Waals surface area contributed by atoms with Gasteiger partial charge in [-0.15, -0.1) is 0 Å². The molecule has 3 aromatic rings. The number of fused-ring (bicyclic) bond motifs is 1. The molecule has 0 N–H and O–H groups in total. The first-order valence-corrected chi connectivity index (χ1v) is 6.49. The highest BCUT2D eigenvalue weighted by Crippen LogP contribution is 2.20. The summed E-state index contributed by atoms with van der Waals surface area (Å²) < 4.78 is 27.9. The molecule has 1 aromatic heterocycles. The second-order valence-corrected chi connectivity index (χ2v) is 4.97. The van der Waals surface area contributed by atoms with E-state index in [0.29, 0.717) is 11.3 Å². The SMILES string of the molecule is Cc1nc2cccc(Cl)c2c(=O)n1-c1cc(F)cc(F)c1. The first-order valence-electron chi connectivity index (χ1n) is 6.12. The predicted molar refractivity (Wildman–Crippen MR) is 77.0 cm³/mol. The van der Waals surface area contributed by atoms with Crippen LogP contribution in [0.4, 0.5) is 8.78 Å². The molecule has 6 heteroatoms. The lowest BCUT2D eigenvalue weighted by molar-refractivity contribution is 0.580. The summed E-state index contributed by atoms with van der Waals surface area (Å²) in [6.07, 6.45) is 0. The molecule has 1 heterocycles. The number of aromatic nitrogens is 2. The van der Waals surface area contributed by atoms with Crippen molar-refractivity contribution in [2.45, 2.75) is 6.92 Å². The highest BCUT2D eigenvalue weighted by molar-refractivity contribution is 6.35. The molecule has 0 aliphatic carbocycles. The maximum atomic E-state index is 13.4. The molecule has 0 radical (unpaired) electrons. The first kappa shape index (κ1) is 13.7. The van der Waals surface area contributed by atoms with Crippen molar-refractivity contribution >= 4 is 22.5 Å². The first-order chi connectivity index (χ1) is 9.97. The van der Waals surface area contributed by atoms with Crippen LogP contribution in [0.1, 0.15) is 5.82 Å². The van der Waals surface area contributed by atoms with Gasteiger partial charge in [-0.3, -0.25) is 9.36 Å². The number of benzene rings is 2. The van der Waals surface area contributed by atoms with Gasteiger partial charge >= 0.3 is 0 Å². The van der Waals surface area contributed by atoms with E-state index in [1.54, 1.807) is 25.1 Å². The van der Waals surface area contributed by atoms with E-state index in [4.69, 9.17) is 11.6 Å². The molecule has 0 aliphatic rings. The Morgan fingerprint density at radius 3 is 2.48 bits per heavy atom. The molecule has 0 unspecified atom stereocenters. The van der Waals surface area contributed by atoms with Gasteiger partial charge in [0, 0.05) is 6.07 Å². The van der Waals surface area contributed by atoms with E-state index < -0.39 is 17.2 Å². The number of halogens is 3. The van der Waals surface area contributed by atoms with Crippen LogP contribution in [0.25, 0.3) is 16.6 Å². The van der Waals surface area contributed by atoms with Gasteiger partial charge in [0.15, 0.2) is 0 Å². The Morgan fingerprint density at radius 1 is 1.14 bits per heavy atom. The fraction of sp³-hybridized carbons (Fsp3) is 0.0667. The molecule has 3 nitrogen and oxygen atoms in total. The van der Waals surface area contributed by atoms with Crippen molar-refractivity contribution in [2.24, 2.45) is 0 Å². The second-order valence-electron chi connectivity index (χ2n) is 4.56. The van der Waals surface area contributed by atoms with Crippen LogP contribution in [0.15, 0.2) is 41.2 Å². The zero-order valence-corrected chi connectivity index (χ0v) is 11.7. The summed E-state index contributed by atoms with van der Waals surface area (Å²) in [6.45, 7) is 1.59. The topological polar surface area (TPSA) is 34.9 Å². The van der Waals surface area contributed by atoms with E-state index in [9.17, 15) is 13.6 Å². The summed E-state index contributed by atoms with van der Waals surface area (Å²) in [5, 5.41) is 0.463. The van der Waals surface area contributed by atoms with Crippen LogP contribution in [0.5, 0.6) is 0 Å². The van der Waals surface area contributed by atoms with Gasteiger partial charge in [0.25, 0.3) is 5.56 Å². The zero-order valence-electron chi connectivity index (χ0n) is 10.9. The molecule has 0 saturated heterocycles. The third-order valence-corrected chi connectivity index (χ3v) is 3.43. The summed E-state index contributed by atoms with van der Waals surface area (Å²) in [5.74, 6) is -1.22. The van der Waals surface area contributed by atoms with Gasteiger partial charge in [0.1, 0.15) is 17.5 Å². The van der Waals surface area contributed by atoms with Gasteiger partial charge in [-0.25, -0.2) is 13.8 Å². The molecule has 0 amide bonds. The molecule has 0 fully saturated rings. The second kappa shape index (κ2) is 4.93. The molecule has 3 rings (SSSR count). The summed E-state index contributed by atoms with van der Waals surface area (Å²) in [4.78, 5) is 16.9. The third-order valence-electron chi connectivity index (χ3n) is 3.12. The summed E-state index contributed by atoms with van der Waals surface area (Å²) in [5.41, 5.74) is 0.0514. The van der Waals surface area contributed by atoms with Gasteiger partial charge in [-0.05, 0) is 31.2 Å². The van der Waals surface area contributed by atoms with Crippen LogP contribution in [0.3, 0.4) is 0 Å². The molecule has 0 spiro atoms. The summed E-state index contributed by atoms with van der Waals surface area (Å²) in [6, 6.07) is 7.79. The third kappa shape index (κ3) is 2.29. The lowest BCUT2D eigenvalue weighted by Gasteiger charge is -2.11. The Labute approximate surface area is 123 Å². The fourth-order valence-corrected chi connectivity index (χ4v) is 2.52. The molecule has 21 heavy (non-hydrogen) atoms. The average molecular weight is 307 g/mol. The molecule has 0 atom stereocenters. The van der Waals surface area contributed by atoms with Crippen molar-refractivity contribution < 1.29 is 8.78 Å². The van der Waals surface area contributed by atoms with Crippen molar-refractivity contribution in [1.82, 2.24) is 9.55 Å². The van der Waals surface area contributed by atoms with Crippen LogP contribution in [-0.2, 0) is 0 Å². The Kier molecular flexibility index (Phi) is 3.22. The Bertz CT molecular complexity index is 901. The Morgan fingerprint density at radius 2 is 1.81 bits per heavy atom. The largest absolute Gasteiger partial charge is 0.268 e. The van der Waals surface area contributed by atoms with Crippen molar-refractivity contribution in [3.8, 4) is 5.69 Å². The van der Waals surface area contributed by atoms with Crippen molar-refractivity contribution in [2.75, 3.05) is 0 Å². The van der Waals surface area contributed by atoms with Gasteiger partial charge in [-0.2, -0.15) is 0 Å². The van der Waals surface area contributed by atoms with Gasteiger partial charge in [0.05, 0.1) is 21.6 Å². The molecular formula is C15H9ClF2N2O. The number of aryl methyl sites for hydroxylation is 1. The van der Waals surface area contributed by atoms with Crippen LogP contribution >= 0.6 is 11.6 Å². The van der Waals surface area contributed by atoms with E-state index >= 15 is 0 Å². The van der Waals surface area contributed by atoms with Gasteiger partial charge < -0.3 is 0 Å². The summed E-state index contributed by atoms with van der Waals surface area (Å²) in [7, 11) is 0. The maximum absolute atomic E-state index is 13.4. The Hall–Kier alpha value is -2.27. The average Bonchev–Trinajstić information content (AvgIpc) is 2.36. The molecule has 0 aliphatic heterocycles. The molecule has 2 aromatic carbocycles. The highest BCUT2D eigenvalue weighted by atomic mass is 35.5. The molecular weight excluding hydrogens is 298 g/mol. The number of hydrogen-bond donors (Lipinski definition) is 0. The van der Waals surface area contributed by atoms with Gasteiger partial charge in [-0.1, -0.05) is 17.7 Å². The molecule has 106 valence electrons. The maximum Gasteiger partial charge on any atom is 0.267 e. The number of rotatable bonds is 1. The highest BCUT2D eigenvalue weighted by Gasteiger charge is 2.13. The van der Waals surface area contributed by atoms with E-state index in [-0.39, 0.29) is 16.1 Å². The lowest BCUT2D eigenvalue weighted by atomic mass is 10.2. The van der Waals surface area contributed by atoms with Crippen molar-refractivity contribution in [3.05, 3.63) is 69.2 Å². The van der Waals surface area contributed by atoms with E-state index in [2.05, 4.69) is 4.98 Å². The van der Waals surface area contributed by atoms with Crippen LogP contribution in [0, 0.1) is 18.6 Å². The van der Waals surface area contributed by atoms with E-state index in [1.165, 1.54) is 0 Å². The monoisotopic (exact) mass is 306 g/mol. The molecule has 0 bridgehead atoms. The summed E-state index contributed by atoms with van der Waals surface area (Å²) >= 11 is 6.04. The van der Waals surface area contributed by atoms with Crippen molar-refractivity contribution in [1.29, 1.82) is 0 Å². The number of hydrogen-bond acceptors (Lipinski definition) is 2. The smallest absolute Gasteiger partial charge is 0.267 e. The van der Waals surface area contributed by atoms with Crippen molar-refractivity contribution in [3.63, 3.8) is 0 Å². The number of nitrogens with zero attached hydrogens (tertiary/aromatic N) is 2. The van der Waals surface area contributed by atoms with Gasteiger partial charge in [0.2, 0.25) is 0 Å². The minimum atomic E-state index is -0.768. The fourth-order valence-electron chi connectivity index (χ4n) is 2.27. The van der Waals surface area contributed by atoms with Crippen LogP contribution in [0.2, 0.25) is 5.02 Å². The predicted octanol–water partition coefficient (Wildman–Crippen LogP) is 3.63. The minimum absolute atomic E-state index is 0.0734. The van der Waals surface area contributed by atoms with Crippen LogP contribution in [-0.4, -0.2) is 9.55 Å². The Balaban J connectivity index is 2.43. The normalized spacial score (nSPS) is 11.0.